The average Bonchev–Trinajstić information content (AvgIpc) is 2.60. The van der Waals surface area contributed by atoms with E-state index in [-0.39, 0.29) is 23.2 Å². The molecule has 0 spiro atoms. The van der Waals surface area contributed by atoms with E-state index in [0.717, 1.165) is 38.5 Å². The fourth-order valence-electron chi connectivity index (χ4n) is 2.65. The molecular formula is C13H18F3N5. The fraction of sp³-hybridized carbons (Fsp3) is 0.692. The van der Waals surface area contributed by atoms with Crippen molar-refractivity contribution in [2.24, 2.45) is 0 Å². The number of halogens is 3. The molecule has 5 nitrogen and oxygen atoms in total. The highest BCUT2D eigenvalue weighted by Gasteiger charge is 2.29. The molecule has 0 aliphatic heterocycles. The first-order valence-electron chi connectivity index (χ1n) is 7.01. The molecule has 116 valence electrons. The summed E-state index contributed by atoms with van der Waals surface area (Å²) in [5.41, 5.74) is 5.88. The number of nitrogen functional groups attached to an aromatic ring is 1. The van der Waals surface area contributed by atoms with Crippen molar-refractivity contribution in [1.82, 2.24) is 9.78 Å². The summed E-state index contributed by atoms with van der Waals surface area (Å²) >= 11 is 0. The molecule has 1 fully saturated rings. The molecule has 1 saturated carbocycles. The molecule has 21 heavy (non-hydrogen) atoms. The van der Waals surface area contributed by atoms with Gasteiger partial charge in [-0.15, -0.1) is 0 Å². The van der Waals surface area contributed by atoms with Gasteiger partial charge in [0.1, 0.15) is 24.0 Å². The van der Waals surface area contributed by atoms with Crippen LogP contribution >= 0.6 is 0 Å². The van der Waals surface area contributed by atoms with Gasteiger partial charge in [0.25, 0.3) is 0 Å². The summed E-state index contributed by atoms with van der Waals surface area (Å²) < 4.78 is 38.4. The highest BCUT2D eigenvalue weighted by molar-refractivity contribution is 5.64. The van der Waals surface area contributed by atoms with Crippen LogP contribution in [0, 0.1) is 11.3 Å². The number of rotatable bonds is 3. The Kier molecular flexibility index (Phi) is 4.60. The predicted octanol–water partition coefficient (Wildman–Crippen LogP) is 3.21. The molecule has 3 N–H and O–H groups in total. The van der Waals surface area contributed by atoms with Gasteiger partial charge < -0.3 is 11.1 Å². The lowest BCUT2D eigenvalue weighted by atomic mass is 10.1. The van der Waals surface area contributed by atoms with Crippen molar-refractivity contribution in [2.75, 3.05) is 17.6 Å². The van der Waals surface area contributed by atoms with E-state index in [1.54, 1.807) is 0 Å². The average molecular weight is 301 g/mol. The Morgan fingerprint density at radius 1 is 1.29 bits per heavy atom. The molecule has 0 aromatic carbocycles. The van der Waals surface area contributed by atoms with E-state index in [9.17, 15) is 13.2 Å². The lowest BCUT2D eigenvalue weighted by Gasteiger charge is -2.16. The van der Waals surface area contributed by atoms with Crippen LogP contribution in [0.2, 0.25) is 0 Å². The summed E-state index contributed by atoms with van der Waals surface area (Å²) in [6, 6.07) is 1.89. The third-order valence-electron chi connectivity index (χ3n) is 3.69. The van der Waals surface area contributed by atoms with Crippen molar-refractivity contribution in [3.63, 3.8) is 0 Å². The van der Waals surface area contributed by atoms with Gasteiger partial charge in [0.15, 0.2) is 5.82 Å². The fourth-order valence-corrected chi connectivity index (χ4v) is 2.65. The van der Waals surface area contributed by atoms with Gasteiger partial charge in [0.2, 0.25) is 0 Å². The number of nitrogens with one attached hydrogen (secondary N) is 1. The minimum Gasteiger partial charge on any atom is -0.383 e. The minimum atomic E-state index is -4.37. The molecule has 1 aromatic rings. The van der Waals surface area contributed by atoms with Crippen LogP contribution in [0.25, 0.3) is 0 Å². The molecule has 0 bridgehead atoms. The molecule has 0 radical (unpaired) electrons. The number of hydrogen-bond acceptors (Lipinski definition) is 4. The maximum Gasteiger partial charge on any atom is 0.405 e. The topological polar surface area (TPSA) is 79.7 Å². The first-order chi connectivity index (χ1) is 9.92. The predicted molar refractivity (Wildman–Crippen MR) is 72.6 cm³/mol. The Morgan fingerprint density at radius 3 is 2.43 bits per heavy atom. The zero-order chi connectivity index (χ0) is 15.5. The number of nitriles is 1. The Labute approximate surface area is 120 Å². The first kappa shape index (κ1) is 15.5. The normalized spacial score (nSPS) is 17.2. The van der Waals surface area contributed by atoms with E-state index in [2.05, 4.69) is 10.4 Å². The standard InChI is InChI=1S/C13H18F3N5/c14-13(15,16)8-19-12-10(7-17)11(18)21(20-12)9-5-3-1-2-4-6-9/h9H,1-6,8,18H2,(H,19,20). The van der Waals surface area contributed by atoms with Crippen molar-refractivity contribution in [2.45, 2.75) is 50.7 Å². The summed E-state index contributed by atoms with van der Waals surface area (Å²) in [4.78, 5) is 0. The van der Waals surface area contributed by atoms with Crippen molar-refractivity contribution in [3.05, 3.63) is 5.56 Å². The summed E-state index contributed by atoms with van der Waals surface area (Å²) in [5, 5.41) is 15.4. The SMILES string of the molecule is N#Cc1c(NCC(F)(F)F)nn(C2CCCCCC2)c1N. The van der Waals surface area contributed by atoms with Crippen molar-refractivity contribution >= 4 is 11.6 Å². The third kappa shape index (κ3) is 3.80. The highest BCUT2D eigenvalue weighted by atomic mass is 19.4. The molecule has 0 atom stereocenters. The number of alkyl halides is 3. The number of nitrogens with zero attached hydrogens (tertiary/aromatic N) is 3. The van der Waals surface area contributed by atoms with Crippen LogP contribution in [0.15, 0.2) is 0 Å². The van der Waals surface area contributed by atoms with Crippen molar-refractivity contribution in [3.8, 4) is 6.07 Å². The van der Waals surface area contributed by atoms with Crippen LogP contribution in [0.3, 0.4) is 0 Å². The molecule has 0 unspecified atom stereocenters. The lowest BCUT2D eigenvalue weighted by Crippen LogP contribution is -2.22. The summed E-state index contributed by atoms with van der Waals surface area (Å²) in [6.45, 7) is -1.23. The number of anilines is 2. The van der Waals surface area contributed by atoms with Crippen LogP contribution in [0.5, 0.6) is 0 Å². The summed E-state index contributed by atoms with van der Waals surface area (Å²) in [5.74, 6) is 0.0608. The molecule has 0 amide bonds. The van der Waals surface area contributed by atoms with E-state index >= 15 is 0 Å². The molecule has 1 aliphatic carbocycles. The second-order valence-electron chi connectivity index (χ2n) is 5.28. The van der Waals surface area contributed by atoms with Crippen LogP contribution in [-0.2, 0) is 0 Å². The summed E-state index contributed by atoms with van der Waals surface area (Å²) in [7, 11) is 0. The largest absolute Gasteiger partial charge is 0.405 e. The second kappa shape index (κ2) is 6.24. The second-order valence-corrected chi connectivity index (χ2v) is 5.28. The molecule has 0 saturated heterocycles. The molecule has 2 rings (SSSR count). The van der Waals surface area contributed by atoms with E-state index in [0.29, 0.717) is 0 Å². The van der Waals surface area contributed by atoms with Gasteiger partial charge in [0, 0.05) is 0 Å². The quantitative estimate of drug-likeness (QED) is 0.840. The Bertz CT molecular complexity index is 521. The molecule has 1 heterocycles. The molecule has 8 heteroatoms. The number of nitrogens with two attached hydrogens (primary N) is 1. The van der Waals surface area contributed by atoms with E-state index in [1.165, 1.54) is 4.68 Å². The number of hydrogen-bond donors (Lipinski definition) is 2. The van der Waals surface area contributed by atoms with Crippen LogP contribution in [-0.4, -0.2) is 22.5 Å². The van der Waals surface area contributed by atoms with Gasteiger partial charge in [-0.1, -0.05) is 25.7 Å². The molecule has 1 aliphatic rings. The number of aromatic nitrogens is 2. The van der Waals surface area contributed by atoms with Crippen LogP contribution in [0.4, 0.5) is 24.8 Å². The molecular weight excluding hydrogens is 283 g/mol. The zero-order valence-corrected chi connectivity index (χ0v) is 11.6. The van der Waals surface area contributed by atoms with Gasteiger partial charge in [-0.3, -0.25) is 0 Å². The van der Waals surface area contributed by atoms with Crippen LogP contribution in [0.1, 0.15) is 50.1 Å². The third-order valence-corrected chi connectivity index (χ3v) is 3.69. The van der Waals surface area contributed by atoms with E-state index < -0.39 is 12.7 Å². The monoisotopic (exact) mass is 301 g/mol. The van der Waals surface area contributed by atoms with Gasteiger partial charge >= 0.3 is 6.18 Å². The smallest absolute Gasteiger partial charge is 0.383 e. The molecule has 1 aromatic heterocycles. The zero-order valence-electron chi connectivity index (χ0n) is 11.6. The van der Waals surface area contributed by atoms with Crippen molar-refractivity contribution < 1.29 is 13.2 Å². The summed E-state index contributed by atoms with van der Waals surface area (Å²) in [6.07, 6.45) is 1.76. The lowest BCUT2D eigenvalue weighted by molar-refractivity contribution is -0.115. The maximum absolute atomic E-state index is 12.3. The van der Waals surface area contributed by atoms with Gasteiger partial charge in [-0.2, -0.15) is 23.5 Å². The van der Waals surface area contributed by atoms with E-state index in [4.69, 9.17) is 11.0 Å². The maximum atomic E-state index is 12.3. The Hall–Kier alpha value is -1.91. The van der Waals surface area contributed by atoms with Gasteiger partial charge in [-0.05, 0) is 12.8 Å². The van der Waals surface area contributed by atoms with Crippen LogP contribution < -0.4 is 11.1 Å². The Morgan fingerprint density at radius 2 is 1.90 bits per heavy atom. The van der Waals surface area contributed by atoms with Crippen molar-refractivity contribution in [1.29, 1.82) is 5.26 Å². The first-order valence-corrected chi connectivity index (χ1v) is 7.01. The van der Waals surface area contributed by atoms with Gasteiger partial charge in [-0.25, -0.2) is 4.68 Å². The Balaban J connectivity index is 2.22. The minimum absolute atomic E-state index is 0.0107. The highest BCUT2D eigenvalue weighted by Crippen LogP contribution is 2.32. The van der Waals surface area contributed by atoms with E-state index in [1.807, 2.05) is 6.07 Å². The van der Waals surface area contributed by atoms with Gasteiger partial charge in [0.05, 0.1) is 6.04 Å².